The van der Waals surface area contributed by atoms with Crippen molar-refractivity contribution in [1.82, 2.24) is 0 Å². The second kappa shape index (κ2) is 4.56. The van der Waals surface area contributed by atoms with E-state index in [4.69, 9.17) is 0 Å². The van der Waals surface area contributed by atoms with Crippen LogP contribution in [0.2, 0.25) is 0 Å². The second-order valence-corrected chi connectivity index (χ2v) is 3.77. The largest absolute Gasteiger partial charge is 0.388 e. The quantitative estimate of drug-likeness (QED) is 0.786. The molecule has 0 aliphatic carbocycles. The topological polar surface area (TPSA) is 20.2 Å². The molecule has 0 aromatic heterocycles. The molecule has 0 heterocycles. The molecular formula is C12H17FO. The summed E-state index contributed by atoms with van der Waals surface area (Å²) in [4.78, 5) is 0. The van der Waals surface area contributed by atoms with E-state index in [-0.39, 0.29) is 5.82 Å². The Hall–Kier alpha value is -0.890. The molecule has 0 aliphatic heterocycles. The Morgan fingerprint density at radius 1 is 1.29 bits per heavy atom. The van der Waals surface area contributed by atoms with Crippen LogP contribution in [-0.2, 0) is 0 Å². The number of rotatable bonds is 3. The highest BCUT2D eigenvalue weighted by molar-refractivity contribution is 5.31. The maximum absolute atomic E-state index is 13.3. The lowest BCUT2D eigenvalue weighted by Gasteiger charge is -2.12. The van der Waals surface area contributed by atoms with E-state index in [0.29, 0.717) is 11.1 Å². The van der Waals surface area contributed by atoms with Crippen LogP contribution >= 0.6 is 0 Å². The van der Waals surface area contributed by atoms with Crippen molar-refractivity contribution in [2.45, 2.75) is 39.7 Å². The van der Waals surface area contributed by atoms with Crippen LogP contribution in [0, 0.1) is 19.7 Å². The molecule has 0 aliphatic rings. The van der Waals surface area contributed by atoms with Gasteiger partial charge in [0, 0.05) is 0 Å². The van der Waals surface area contributed by atoms with Crippen LogP contribution in [-0.4, -0.2) is 5.11 Å². The van der Waals surface area contributed by atoms with Gasteiger partial charge >= 0.3 is 0 Å². The Kier molecular flexibility index (Phi) is 3.64. The number of aliphatic hydroxyl groups excluding tert-OH is 1. The lowest BCUT2D eigenvalue weighted by molar-refractivity contribution is 0.166. The van der Waals surface area contributed by atoms with Gasteiger partial charge in [0.15, 0.2) is 0 Å². The molecule has 1 rings (SSSR count). The number of hydrogen-bond acceptors (Lipinski definition) is 1. The van der Waals surface area contributed by atoms with Crippen molar-refractivity contribution in [2.24, 2.45) is 0 Å². The summed E-state index contributed by atoms with van der Waals surface area (Å²) in [5.74, 6) is -0.169. The molecule has 1 aromatic carbocycles. The van der Waals surface area contributed by atoms with Crippen LogP contribution in [0.5, 0.6) is 0 Å². The zero-order valence-corrected chi connectivity index (χ0v) is 8.97. The number of hydrogen-bond donors (Lipinski definition) is 1. The Bertz CT molecular complexity index is 297. The van der Waals surface area contributed by atoms with E-state index >= 15 is 0 Å². The van der Waals surface area contributed by atoms with Gasteiger partial charge in [-0.15, -0.1) is 0 Å². The molecule has 2 heteroatoms. The fourth-order valence-corrected chi connectivity index (χ4v) is 1.61. The monoisotopic (exact) mass is 196 g/mol. The first-order valence-corrected chi connectivity index (χ1v) is 5.01. The third-order valence-electron chi connectivity index (χ3n) is 2.41. The fourth-order valence-electron chi connectivity index (χ4n) is 1.61. The van der Waals surface area contributed by atoms with Crippen LogP contribution in [0.25, 0.3) is 0 Å². The molecule has 1 atom stereocenters. The molecule has 0 saturated heterocycles. The van der Waals surface area contributed by atoms with Crippen LogP contribution in [0.3, 0.4) is 0 Å². The molecular weight excluding hydrogens is 179 g/mol. The van der Waals surface area contributed by atoms with Crippen molar-refractivity contribution in [3.63, 3.8) is 0 Å². The molecule has 1 N–H and O–H groups in total. The number of benzene rings is 1. The average molecular weight is 196 g/mol. The summed E-state index contributed by atoms with van der Waals surface area (Å²) in [6, 6.07) is 3.45. The minimum Gasteiger partial charge on any atom is -0.388 e. The van der Waals surface area contributed by atoms with Gasteiger partial charge in [0.25, 0.3) is 0 Å². The van der Waals surface area contributed by atoms with E-state index in [9.17, 15) is 9.50 Å². The predicted octanol–water partition coefficient (Wildman–Crippen LogP) is 3.28. The van der Waals surface area contributed by atoms with Crippen molar-refractivity contribution >= 4 is 0 Å². The van der Waals surface area contributed by atoms with Crippen molar-refractivity contribution in [1.29, 1.82) is 0 Å². The normalized spacial score (nSPS) is 12.9. The van der Waals surface area contributed by atoms with Gasteiger partial charge in [-0.2, -0.15) is 0 Å². The smallest absolute Gasteiger partial charge is 0.129 e. The van der Waals surface area contributed by atoms with E-state index < -0.39 is 6.10 Å². The molecule has 0 radical (unpaired) electrons. The summed E-state index contributed by atoms with van der Waals surface area (Å²) in [6.45, 7) is 5.47. The third-order valence-corrected chi connectivity index (χ3v) is 2.41. The van der Waals surface area contributed by atoms with E-state index in [0.717, 1.165) is 18.4 Å². The summed E-state index contributed by atoms with van der Waals surface area (Å²) in [5, 5.41) is 9.74. The highest BCUT2D eigenvalue weighted by Crippen LogP contribution is 2.22. The highest BCUT2D eigenvalue weighted by atomic mass is 19.1. The molecule has 0 saturated carbocycles. The van der Waals surface area contributed by atoms with Crippen LogP contribution in [0.1, 0.15) is 42.6 Å². The molecule has 14 heavy (non-hydrogen) atoms. The van der Waals surface area contributed by atoms with Gasteiger partial charge in [-0.25, -0.2) is 4.39 Å². The first kappa shape index (κ1) is 11.2. The Balaban J connectivity index is 3.00. The van der Waals surface area contributed by atoms with Crippen molar-refractivity contribution in [2.75, 3.05) is 0 Å². The van der Waals surface area contributed by atoms with Crippen LogP contribution in [0.15, 0.2) is 12.1 Å². The van der Waals surface area contributed by atoms with Crippen molar-refractivity contribution < 1.29 is 9.50 Å². The summed E-state index contributed by atoms with van der Waals surface area (Å²) in [7, 11) is 0. The van der Waals surface area contributed by atoms with E-state index in [1.807, 2.05) is 6.92 Å². The van der Waals surface area contributed by atoms with Crippen molar-refractivity contribution in [3.05, 3.63) is 34.6 Å². The third kappa shape index (κ3) is 2.32. The van der Waals surface area contributed by atoms with Crippen LogP contribution in [0.4, 0.5) is 4.39 Å². The zero-order chi connectivity index (χ0) is 10.7. The minimum absolute atomic E-state index is 0.169. The van der Waals surface area contributed by atoms with Gasteiger partial charge in [0.05, 0.1) is 6.10 Å². The molecule has 0 fully saturated rings. The fraction of sp³-hybridized carbons (Fsp3) is 0.500. The first-order chi connectivity index (χ1) is 6.56. The highest BCUT2D eigenvalue weighted by Gasteiger charge is 2.10. The molecule has 0 spiro atoms. The molecule has 0 amide bonds. The molecule has 1 aromatic rings. The Labute approximate surface area is 84.6 Å². The maximum atomic E-state index is 13.3. The first-order valence-electron chi connectivity index (χ1n) is 5.01. The van der Waals surface area contributed by atoms with E-state index in [2.05, 4.69) is 0 Å². The lowest BCUT2D eigenvalue weighted by Crippen LogP contribution is -2.00. The van der Waals surface area contributed by atoms with Gasteiger partial charge in [0.1, 0.15) is 5.82 Å². The summed E-state index contributed by atoms with van der Waals surface area (Å²) < 4.78 is 13.3. The van der Waals surface area contributed by atoms with Gasteiger partial charge in [-0.3, -0.25) is 0 Å². The van der Waals surface area contributed by atoms with Crippen molar-refractivity contribution in [3.8, 4) is 0 Å². The lowest BCUT2D eigenvalue weighted by atomic mass is 10.00. The van der Waals surface area contributed by atoms with E-state index in [1.165, 1.54) is 0 Å². The van der Waals surface area contributed by atoms with E-state index in [1.54, 1.807) is 26.0 Å². The molecule has 0 bridgehead atoms. The minimum atomic E-state index is -0.460. The van der Waals surface area contributed by atoms with Gasteiger partial charge < -0.3 is 5.11 Å². The zero-order valence-electron chi connectivity index (χ0n) is 8.97. The number of aliphatic hydroxyl groups is 1. The average Bonchev–Trinajstić information content (AvgIpc) is 2.13. The van der Waals surface area contributed by atoms with Gasteiger partial charge in [-0.1, -0.05) is 25.5 Å². The summed E-state index contributed by atoms with van der Waals surface area (Å²) in [5.41, 5.74) is 2.04. The number of aryl methyl sites for hydroxylation is 2. The standard InChI is InChI=1S/C12H17FO/c1-4-5-11(14)10-6-8(2)12(13)9(3)7-10/h6-7,11,14H,4-5H2,1-3H3. The predicted molar refractivity (Wildman–Crippen MR) is 55.7 cm³/mol. The number of halogens is 1. The summed E-state index contributed by atoms with van der Waals surface area (Å²) >= 11 is 0. The van der Waals surface area contributed by atoms with Gasteiger partial charge in [-0.05, 0) is 37.0 Å². The molecule has 1 nitrogen and oxygen atoms in total. The Morgan fingerprint density at radius 2 is 1.79 bits per heavy atom. The second-order valence-electron chi connectivity index (χ2n) is 3.77. The maximum Gasteiger partial charge on any atom is 0.129 e. The van der Waals surface area contributed by atoms with Crippen LogP contribution < -0.4 is 0 Å². The summed E-state index contributed by atoms with van der Waals surface area (Å²) in [6.07, 6.45) is 1.19. The molecule has 1 unspecified atom stereocenters. The molecule has 78 valence electrons. The SMILES string of the molecule is CCCC(O)c1cc(C)c(F)c(C)c1. The Morgan fingerprint density at radius 3 is 2.21 bits per heavy atom. The van der Waals surface area contributed by atoms with Gasteiger partial charge in [0.2, 0.25) is 0 Å².